The SMILES string of the molecule is CC(C)(C)C(=O)ON1CCC(c2cn(-c3ccccc3)cn2)CC1. The standard InChI is InChI=1S/C19H25N3O2/c1-19(2,3)18(23)24-22-11-9-15(10-12-22)17-13-21(14-20-17)16-7-5-4-6-8-16/h4-8,13-15H,9-12H2,1-3H3. The first-order valence-corrected chi connectivity index (χ1v) is 8.50. The third-order valence-electron chi connectivity index (χ3n) is 4.35. The molecule has 0 atom stereocenters. The number of imidazole rings is 1. The Morgan fingerprint density at radius 3 is 2.46 bits per heavy atom. The van der Waals surface area contributed by atoms with Crippen molar-refractivity contribution >= 4 is 5.97 Å². The first-order chi connectivity index (χ1) is 11.4. The molecule has 1 aliphatic heterocycles. The third-order valence-corrected chi connectivity index (χ3v) is 4.35. The second-order valence-corrected chi connectivity index (χ2v) is 7.37. The molecule has 1 aliphatic rings. The van der Waals surface area contributed by atoms with Crippen LogP contribution in [0.25, 0.3) is 5.69 Å². The van der Waals surface area contributed by atoms with Gasteiger partial charge in [0.15, 0.2) is 0 Å². The van der Waals surface area contributed by atoms with Gasteiger partial charge in [-0.05, 0) is 45.7 Å². The molecule has 0 amide bonds. The molecule has 1 aromatic heterocycles. The van der Waals surface area contributed by atoms with Gasteiger partial charge in [-0.15, -0.1) is 5.06 Å². The fraction of sp³-hybridized carbons (Fsp3) is 0.474. The van der Waals surface area contributed by atoms with Crippen LogP contribution in [0.3, 0.4) is 0 Å². The second kappa shape index (κ2) is 6.77. The van der Waals surface area contributed by atoms with Gasteiger partial charge in [0.05, 0.1) is 17.4 Å². The molecule has 1 aromatic carbocycles. The average molecular weight is 327 g/mol. The zero-order chi connectivity index (χ0) is 17.2. The third kappa shape index (κ3) is 3.85. The summed E-state index contributed by atoms with van der Waals surface area (Å²) in [7, 11) is 0. The molecule has 5 heteroatoms. The lowest BCUT2D eigenvalue weighted by molar-refractivity contribution is -0.204. The number of nitrogens with zero attached hydrogens (tertiary/aromatic N) is 3. The Labute approximate surface area is 143 Å². The monoisotopic (exact) mass is 327 g/mol. The minimum Gasteiger partial charge on any atom is -0.367 e. The van der Waals surface area contributed by atoms with Crippen molar-refractivity contribution in [3.63, 3.8) is 0 Å². The van der Waals surface area contributed by atoms with E-state index >= 15 is 0 Å². The highest BCUT2D eigenvalue weighted by Gasteiger charge is 2.29. The van der Waals surface area contributed by atoms with E-state index in [0.717, 1.165) is 37.3 Å². The smallest absolute Gasteiger partial charge is 0.330 e. The molecule has 2 heterocycles. The predicted octanol–water partition coefficient (Wildman–Crippen LogP) is 3.56. The van der Waals surface area contributed by atoms with Crippen LogP contribution < -0.4 is 0 Å². The number of hydroxylamine groups is 2. The van der Waals surface area contributed by atoms with E-state index in [1.54, 1.807) is 5.06 Å². The van der Waals surface area contributed by atoms with Crippen molar-refractivity contribution in [1.29, 1.82) is 0 Å². The Bertz CT molecular complexity index is 680. The van der Waals surface area contributed by atoms with Crippen molar-refractivity contribution < 1.29 is 9.63 Å². The van der Waals surface area contributed by atoms with E-state index < -0.39 is 5.41 Å². The van der Waals surface area contributed by atoms with E-state index in [1.807, 2.05) is 45.3 Å². The van der Waals surface area contributed by atoms with Crippen LogP contribution in [-0.2, 0) is 9.63 Å². The minimum absolute atomic E-state index is 0.172. The molecule has 0 unspecified atom stereocenters. The summed E-state index contributed by atoms with van der Waals surface area (Å²) in [5.74, 6) is 0.244. The van der Waals surface area contributed by atoms with E-state index in [-0.39, 0.29) is 5.97 Å². The van der Waals surface area contributed by atoms with Crippen LogP contribution >= 0.6 is 0 Å². The van der Waals surface area contributed by atoms with Crippen molar-refractivity contribution in [2.24, 2.45) is 5.41 Å². The Kier molecular flexibility index (Phi) is 4.71. The number of rotatable bonds is 3. The maximum absolute atomic E-state index is 12.0. The lowest BCUT2D eigenvalue weighted by Gasteiger charge is -2.31. The van der Waals surface area contributed by atoms with Crippen LogP contribution in [0.1, 0.15) is 45.2 Å². The molecule has 0 bridgehead atoms. The molecule has 0 aliphatic carbocycles. The first kappa shape index (κ1) is 16.7. The molecule has 3 rings (SSSR count). The van der Waals surface area contributed by atoms with Gasteiger partial charge < -0.3 is 9.40 Å². The lowest BCUT2D eigenvalue weighted by atomic mass is 9.95. The van der Waals surface area contributed by atoms with Gasteiger partial charge in [0, 0.05) is 30.9 Å². The van der Waals surface area contributed by atoms with Crippen LogP contribution in [0.5, 0.6) is 0 Å². The highest BCUT2D eigenvalue weighted by Crippen LogP contribution is 2.28. The molecule has 0 radical (unpaired) electrons. The van der Waals surface area contributed by atoms with Crippen LogP contribution in [0.2, 0.25) is 0 Å². The average Bonchev–Trinajstić information content (AvgIpc) is 3.05. The molecule has 2 aromatic rings. The minimum atomic E-state index is -0.467. The molecule has 5 nitrogen and oxygen atoms in total. The van der Waals surface area contributed by atoms with E-state index in [0.29, 0.717) is 5.92 Å². The molecule has 0 N–H and O–H groups in total. The van der Waals surface area contributed by atoms with Gasteiger partial charge in [-0.1, -0.05) is 18.2 Å². The van der Waals surface area contributed by atoms with Gasteiger partial charge in [0.1, 0.15) is 0 Å². The number of hydrogen-bond donors (Lipinski definition) is 0. The molecule has 1 fully saturated rings. The summed E-state index contributed by atoms with van der Waals surface area (Å²) in [6.45, 7) is 7.13. The van der Waals surface area contributed by atoms with Gasteiger partial charge >= 0.3 is 5.97 Å². The first-order valence-electron chi connectivity index (χ1n) is 8.50. The highest BCUT2D eigenvalue weighted by molar-refractivity contribution is 5.75. The van der Waals surface area contributed by atoms with Crippen molar-refractivity contribution in [1.82, 2.24) is 14.6 Å². The summed E-state index contributed by atoms with van der Waals surface area (Å²) < 4.78 is 2.06. The predicted molar refractivity (Wildman–Crippen MR) is 92.7 cm³/mol. The summed E-state index contributed by atoms with van der Waals surface area (Å²) >= 11 is 0. The van der Waals surface area contributed by atoms with Crippen molar-refractivity contribution in [3.05, 3.63) is 48.5 Å². The molecule has 24 heavy (non-hydrogen) atoms. The molecule has 0 saturated carbocycles. The van der Waals surface area contributed by atoms with Crippen LogP contribution in [-0.4, -0.2) is 33.7 Å². The zero-order valence-corrected chi connectivity index (χ0v) is 14.6. The summed E-state index contributed by atoms with van der Waals surface area (Å²) in [6, 6.07) is 10.2. The Morgan fingerprint density at radius 1 is 1.17 bits per heavy atom. The maximum atomic E-state index is 12.0. The van der Waals surface area contributed by atoms with Crippen LogP contribution in [0.4, 0.5) is 0 Å². The van der Waals surface area contributed by atoms with Gasteiger partial charge in [-0.3, -0.25) is 0 Å². The topological polar surface area (TPSA) is 47.4 Å². The van der Waals surface area contributed by atoms with Gasteiger partial charge in [0.25, 0.3) is 0 Å². The molecular weight excluding hydrogens is 302 g/mol. The number of para-hydroxylation sites is 1. The fourth-order valence-corrected chi connectivity index (χ4v) is 2.79. The molecule has 128 valence electrons. The molecule has 1 saturated heterocycles. The van der Waals surface area contributed by atoms with E-state index in [2.05, 4.69) is 27.9 Å². The van der Waals surface area contributed by atoms with E-state index in [4.69, 9.17) is 4.84 Å². The van der Waals surface area contributed by atoms with Gasteiger partial charge in [-0.2, -0.15) is 0 Å². The molecule has 0 spiro atoms. The Balaban J connectivity index is 1.58. The molecular formula is C19H25N3O2. The number of piperidine rings is 1. The van der Waals surface area contributed by atoms with E-state index in [9.17, 15) is 4.79 Å². The number of carbonyl (C=O) groups excluding carboxylic acids is 1. The second-order valence-electron chi connectivity index (χ2n) is 7.37. The Hall–Kier alpha value is -2.14. The van der Waals surface area contributed by atoms with Gasteiger partial charge in [-0.25, -0.2) is 9.78 Å². The largest absolute Gasteiger partial charge is 0.367 e. The number of aromatic nitrogens is 2. The highest BCUT2D eigenvalue weighted by atomic mass is 16.7. The summed E-state index contributed by atoms with van der Waals surface area (Å²) in [4.78, 5) is 22.0. The van der Waals surface area contributed by atoms with Crippen LogP contribution in [0.15, 0.2) is 42.9 Å². The number of hydrogen-bond acceptors (Lipinski definition) is 4. The lowest BCUT2D eigenvalue weighted by Crippen LogP contribution is -2.38. The van der Waals surface area contributed by atoms with E-state index in [1.165, 1.54) is 0 Å². The van der Waals surface area contributed by atoms with Crippen LogP contribution in [0, 0.1) is 5.41 Å². The van der Waals surface area contributed by atoms with Gasteiger partial charge in [0.2, 0.25) is 0 Å². The van der Waals surface area contributed by atoms with Crippen molar-refractivity contribution in [2.45, 2.75) is 39.5 Å². The number of carbonyl (C=O) groups is 1. The summed E-state index contributed by atoms with van der Waals surface area (Å²) in [6.07, 6.45) is 5.87. The summed E-state index contributed by atoms with van der Waals surface area (Å²) in [5, 5.41) is 1.79. The normalized spacial score (nSPS) is 17.0. The zero-order valence-electron chi connectivity index (χ0n) is 14.6. The maximum Gasteiger partial charge on any atom is 0.330 e. The quantitative estimate of drug-likeness (QED) is 0.865. The van der Waals surface area contributed by atoms with Crippen molar-refractivity contribution in [2.75, 3.05) is 13.1 Å². The summed E-state index contributed by atoms with van der Waals surface area (Å²) in [5.41, 5.74) is 1.76. The Morgan fingerprint density at radius 2 is 1.83 bits per heavy atom. The number of benzene rings is 1. The van der Waals surface area contributed by atoms with Crippen molar-refractivity contribution in [3.8, 4) is 5.69 Å². The fourth-order valence-electron chi connectivity index (χ4n) is 2.79.